The first-order valence-electron chi connectivity index (χ1n) is 8.14. The van der Waals surface area contributed by atoms with Crippen molar-refractivity contribution >= 4 is 34.1 Å². The van der Waals surface area contributed by atoms with E-state index in [1.54, 1.807) is 18.3 Å². The molecule has 1 fully saturated rings. The van der Waals surface area contributed by atoms with E-state index in [4.69, 9.17) is 0 Å². The number of aliphatic hydroxyl groups excluding tert-OH is 1. The lowest BCUT2D eigenvalue weighted by Crippen LogP contribution is -2.04. The molecule has 0 saturated heterocycles. The Labute approximate surface area is 156 Å². The summed E-state index contributed by atoms with van der Waals surface area (Å²) in [6.07, 6.45) is 4.44. The minimum Gasteiger partial charge on any atom is -0.396 e. The molecule has 1 unspecified atom stereocenters. The number of aromatic amines is 1. The smallest absolute Gasteiger partial charge is 0.196 e. The van der Waals surface area contributed by atoms with Crippen molar-refractivity contribution in [3.63, 3.8) is 0 Å². The fourth-order valence-electron chi connectivity index (χ4n) is 2.60. The lowest BCUT2D eigenvalue weighted by atomic mass is 10.2. The van der Waals surface area contributed by atoms with Crippen LogP contribution in [0.2, 0.25) is 0 Å². The average molecular weight is 391 g/mol. The lowest BCUT2D eigenvalue weighted by molar-refractivity contribution is 0.299. The molecule has 0 amide bonds. The van der Waals surface area contributed by atoms with E-state index >= 15 is 0 Å². The van der Waals surface area contributed by atoms with Gasteiger partial charge in [-0.2, -0.15) is 5.10 Å². The molecular formula is C16H17N5O3S2. The highest BCUT2D eigenvalue weighted by Gasteiger charge is 2.25. The van der Waals surface area contributed by atoms with Gasteiger partial charge in [0.25, 0.3) is 0 Å². The monoisotopic (exact) mass is 391 g/mol. The van der Waals surface area contributed by atoms with E-state index in [0.717, 1.165) is 11.3 Å². The zero-order chi connectivity index (χ0) is 18.1. The van der Waals surface area contributed by atoms with Crippen LogP contribution in [0.5, 0.6) is 0 Å². The minimum absolute atomic E-state index is 0.0160. The summed E-state index contributed by atoms with van der Waals surface area (Å²) < 4.78 is 20.7. The first-order valence-corrected chi connectivity index (χ1v) is 10.1. The molecule has 136 valence electrons. The maximum absolute atomic E-state index is 11.2. The number of rotatable bonds is 7. The summed E-state index contributed by atoms with van der Waals surface area (Å²) in [4.78, 5) is 9.56. The van der Waals surface area contributed by atoms with Crippen LogP contribution < -0.4 is 5.32 Å². The van der Waals surface area contributed by atoms with Crippen molar-refractivity contribution in [2.45, 2.75) is 29.4 Å². The van der Waals surface area contributed by atoms with Crippen LogP contribution in [0.15, 0.2) is 28.6 Å². The molecule has 1 saturated carbocycles. The molecule has 1 aliphatic carbocycles. The van der Waals surface area contributed by atoms with Crippen LogP contribution in [-0.2, 0) is 17.5 Å². The Morgan fingerprint density at radius 1 is 1.38 bits per heavy atom. The Hall–Kier alpha value is -2.14. The average Bonchev–Trinajstić information content (AvgIpc) is 3.17. The highest BCUT2D eigenvalue weighted by molar-refractivity contribution is 7.81. The third-order valence-electron chi connectivity index (χ3n) is 4.08. The van der Waals surface area contributed by atoms with E-state index in [1.165, 1.54) is 24.2 Å². The standard InChI is InChI=1S/C16H17N5O3S2/c22-6-5-10-8-17-16(12-3-4-14(25-12)26(23)24)19-15(10)18-13-7-11(20-21-13)9-1-2-9/h3-4,7-9,22H,1-2,5-6H2,(H,23,24)(H2,17,18,19,20,21). The Balaban J connectivity index is 1.64. The number of aliphatic hydroxyl groups is 1. The van der Waals surface area contributed by atoms with Gasteiger partial charge in [0.05, 0.1) is 4.88 Å². The molecule has 8 nitrogen and oxygen atoms in total. The van der Waals surface area contributed by atoms with Crippen molar-refractivity contribution < 1.29 is 13.9 Å². The fourth-order valence-corrected chi connectivity index (χ4v) is 4.01. The summed E-state index contributed by atoms with van der Waals surface area (Å²) in [6, 6.07) is 5.28. The van der Waals surface area contributed by atoms with E-state index in [9.17, 15) is 13.9 Å². The van der Waals surface area contributed by atoms with Gasteiger partial charge in [-0.05, 0) is 25.0 Å². The van der Waals surface area contributed by atoms with Crippen molar-refractivity contribution in [1.29, 1.82) is 0 Å². The van der Waals surface area contributed by atoms with Crippen LogP contribution in [0.25, 0.3) is 10.7 Å². The van der Waals surface area contributed by atoms with Crippen LogP contribution in [0.1, 0.15) is 30.0 Å². The van der Waals surface area contributed by atoms with Gasteiger partial charge >= 0.3 is 0 Å². The van der Waals surface area contributed by atoms with E-state index in [0.29, 0.717) is 38.9 Å². The molecule has 0 aliphatic heterocycles. The second-order valence-corrected chi connectivity index (χ2v) is 8.30. The van der Waals surface area contributed by atoms with E-state index in [-0.39, 0.29) is 6.61 Å². The summed E-state index contributed by atoms with van der Waals surface area (Å²) in [5.41, 5.74) is 1.88. The molecule has 1 aliphatic rings. The summed E-state index contributed by atoms with van der Waals surface area (Å²) in [5, 5.41) is 19.8. The molecule has 4 N–H and O–H groups in total. The topological polar surface area (TPSA) is 124 Å². The number of nitrogens with one attached hydrogen (secondary N) is 2. The van der Waals surface area contributed by atoms with Gasteiger partial charge in [0.15, 0.2) is 22.7 Å². The first kappa shape index (κ1) is 17.3. The largest absolute Gasteiger partial charge is 0.396 e. The highest BCUT2D eigenvalue weighted by atomic mass is 32.2. The summed E-state index contributed by atoms with van der Waals surface area (Å²) in [7, 11) is 0. The first-order chi connectivity index (χ1) is 12.6. The van der Waals surface area contributed by atoms with E-state index in [2.05, 4.69) is 25.5 Å². The van der Waals surface area contributed by atoms with Gasteiger partial charge in [0.1, 0.15) is 10.0 Å². The number of thiophene rings is 1. The van der Waals surface area contributed by atoms with Gasteiger partial charge < -0.3 is 15.0 Å². The molecule has 0 radical (unpaired) electrons. The van der Waals surface area contributed by atoms with Crippen LogP contribution in [0, 0.1) is 0 Å². The third kappa shape index (κ3) is 3.68. The molecule has 3 heterocycles. The molecule has 4 rings (SSSR count). The van der Waals surface area contributed by atoms with Gasteiger partial charge in [0, 0.05) is 42.5 Å². The molecule has 3 aromatic rings. The second-order valence-electron chi connectivity index (χ2n) is 6.02. The van der Waals surface area contributed by atoms with Crippen molar-refractivity contribution in [3.8, 4) is 10.7 Å². The van der Waals surface area contributed by atoms with Gasteiger partial charge in [-0.15, -0.1) is 11.3 Å². The zero-order valence-electron chi connectivity index (χ0n) is 13.7. The van der Waals surface area contributed by atoms with Crippen molar-refractivity contribution in [1.82, 2.24) is 20.2 Å². The molecule has 10 heteroatoms. The summed E-state index contributed by atoms with van der Waals surface area (Å²) >= 11 is -0.851. The number of nitrogens with zero attached hydrogens (tertiary/aromatic N) is 3. The predicted molar refractivity (Wildman–Crippen MR) is 99.0 cm³/mol. The Morgan fingerprint density at radius 3 is 2.92 bits per heavy atom. The number of aromatic nitrogens is 4. The molecule has 0 bridgehead atoms. The quantitative estimate of drug-likeness (QED) is 0.456. The lowest BCUT2D eigenvalue weighted by Gasteiger charge is -2.09. The van der Waals surface area contributed by atoms with Gasteiger partial charge in [-0.3, -0.25) is 5.10 Å². The fraction of sp³-hybridized carbons (Fsp3) is 0.312. The molecule has 3 aromatic heterocycles. The van der Waals surface area contributed by atoms with Crippen LogP contribution in [0.3, 0.4) is 0 Å². The zero-order valence-corrected chi connectivity index (χ0v) is 15.3. The maximum Gasteiger partial charge on any atom is 0.196 e. The van der Waals surface area contributed by atoms with Gasteiger partial charge in [0.2, 0.25) is 0 Å². The summed E-state index contributed by atoms with van der Waals surface area (Å²) in [5.74, 6) is 2.26. The SMILES string of the molecule is O=S(O)c1ccc(-c2ncc(CCO)c(Nc3cc(C4CC4)[nH]n3)n2)s1. The number of anilines is 2. The number of hydrogen-bond donors (Lipinski definition) is 4. The van der Waals surface area contributed by atoms with Crippen molar-refractivity contribution in [3.05, 3.63) is 35.7 Å². The molecule has 1 atom stereocenters. The Bertz CT molecular complexity index is 951. The highest BCUT2D eigenvalue weighted by Crippen LogP contribution is 2.39. The minimum atomic E-state index is -2.02. The summed E-state index contributed by atoms with van der Waals surface area (Å²) in [6.45, 7) is -0.0160. The molecule has 0 spiro atoms. The van der Waals surface area contributed by atoms with Crippen molar-refractivity contribution in [2.24, 2.45) is 0 Å². The second kappa shape index (κ2) is 7.23. The number of hydrogen-bond acceptors (Lipinski definition) is 7. The van der Waals surface area contributed by atoms with Gasteiger partial charge in [-0.1, -0.05) is 0 Å². The molecule has 26 heavy (non-hydrogen) atoms. The number of H-pyrrole nitrogens is 1. The Morgan fingerprint density at radius 2 is 2.23 bits per heavy atom. The maximum atomic E-state index is 11.2. The predicted octanol–water partition coefficient (Wildman–Crippen LogP) is 2.66. The van der Waals surface area contributed by atoms with Crippen LogP contribution >= 0.6 is 11.3 Å². The van der Waals surface area contributed by atoms with E-state index < -0.39 is 11.1 Å². The van der Waals surface area contributed by atoms with Crippen LogP contribution in [0.4, 0.5) is 11.6 Å². The normalized spacial score (nSPS) is 15.2. The third-order valence-corrected chi connectivity index (χ3v) is 6.11. The molecule has 0 aromatic carbocycles. The molecular weight excluding hydrogens is 374 g/mol. The van der Waals surface area contributed by atoms with Gasteiger partial charge in [-0.25, -0.2) is 14.2 Å². The van der Waals surface area contributed by atoms with Crippen LogP contribution in [-0.4, -0.2) is 40.6 Å². The van der Waals surface area contributed by atoms with Crippen molar-refractivity contribution in [2.75, 3.05) is 11.9 Å². The van der Waals surface area contributed by atoms with E-state index in [1.807, 2.05) is 6.07 Å². The Kier molecular flexibility index (Phi) is 4.81.